The first-order valence-corrected chi connectivity index (χ1v) is 8.67. The molecule has 1 heterocycles. The summed E-state index contributed by atoms with van der Waals surface area (Å²) in [7, 11) is 0. The molecule has 1 aliphatic rings. The second kappa shape index (κ2) is 8.18. The summed E-state index contributed by atoms with van der Waals surface area (Å²) in [6, 6.07) is 15.8. The highest BCUT2D eigenvalue weighted by Gasteiger charge is 2.18. The number of hydrogen-bond acceptors (Lipinski definition) is 4. The van der Waals surface area contributed by atoms with Crippen molar-refractivity contribution in [3.63, 3.8) is 0 Å². The first-order valence-electron chi connectivity index (χ1n) is 8.67. The number of hydrogen-bond donors (Lipinski definition) is 3. The summed E-state index contributed by atoms with van der Waals surface area (Å²) >= 11 is 0. The number of aliphatic hydroxyl groups excluding tert-OH is 1. The number of rotatable bonds is 6. The fourth-order valence-corrected chi connectivity index (χ4v) is 3.24. The molecule has 1 saturated heterocycles. The Morgan fingerprint density at radius 1 is 1.00 bits per heavy atom. The van der Waals surface area contributed by atoms with E-state index in [0.29, 0.717) is 24.8 Å². The van der Waals surface area contributed by atoms with Crippen LogP contribution in [0.2, 0.25) is 0 Å². The lowest BCUT2D eigenvalue weighted by Gasteiger charge is -2.31. The number of aromatic hydroxyl groups is 1. The number of anilines is 1. The van der Waals surface area contributed by atoms with Gasteiger partial charge in [-0.2, -0.15) is 0 Å². The van der Waals surface area contributed by atoms with Gasteiger partial charge in [-0.15, -0.1) is 0 Å². The van der Waals surface area contributed by atoms with Crippen molar-refractivity contribution in [1.29, 1.82) is 0 Å². The molecule has 0 atom stereocenters. The summed E-state index contributed by atoms with van der Waals surface area (Å²) in [4.78, 5) is 2.46. The minimum absolute atomic E-state index is 0.300. The molecule has 4 heteroatoms. The molecule has 0 unspecified atom stereocenters. The first kappa shape index (κ1) is 16.8. The molecule has 1 aliphatic heterocycles. The first-order chi connectivity index (χ1) is 11.7. The summed E-state index contributed by atoms with van der Waals surface area (Å²) in [5.41, 5.74) is 3.46. The number of likely N-dealkylation sites (tertiary alicyclic amines) is 1. The molecule has 2 aromatic rings. The molecular formula is C20H26N2O2. The van der Waals surface area contributed by atoms with Crippen molar-refractivity contribution in [3.8, 4) is 5.75 Å². The summed E-state index contributed by atoms with van der Waals surface area (Å²) in [6.45, 7) is 4.10. The van der Waals surface area contributed by atoms with E-state index in [1.807, 2.05) is 12.1 Å². The van der Waals surface area contributed by atoms with Gasteiger partial charge in [0.25, 0.3) is 0 Å². The van der Waals surface area contributed by atoms with Crippen LogP contribution in [0.25, 0.3) is 0 Å². The number of nitrogens with one attached hydrogen (secondary N) is 1. The third-order valence-corrected chi connectivity index (χ3v) is 4.71. The molecule has 0 spiro atoms. The Kier molecular flexibility index (Phi) is 5.72. The van der Waals surface area contributed by atoms with Crippen molar-refractivity contribution < 1.29 is 10.2 Å². The Balaban J connectivity index is 1.54. The molecule has 0 saturated carbocycles. The van der Waals surface area contributed by atoms with E-state index < -0.39 is 0 Å². The van der Waals surface area contributed by atoms with Gasteiger partial charge in [-0.1, -0.05) is 24.3 Å². The Morgan fingerprint density at radius 2 is 1.75 bits per heavy atom. The van der Waals surface area contributed by atoms with Crippen LogP contribution in [0.15, 0.2) is 48.5 Å². The minimum atomic E-state index is 0.300. The normalized spacial score (nSPS) is 16.2. The van der Waals surface area contributed by atoms with Gasteiger partial charge in [0, 0.05) is 25.4 Å². The van der Waals surface area contributed by atoms with Gasteiger partial charge < -0.3 is 15.5 Å². The fourth-order valence-electron chi connectivity index (χ4n) is 3.24. The Hall–Kier alpha value is -2.04. The van der Waals surface area contributed by atoms with E-state index in [2.05, 4.69) is 34.5 Å². The molecule has 128 valence electrons. The summed E-state index contributed by atoms with van der Waals surface area (Å²) in [6.07, 6.45) is 2.18. The summed E-state index contributed by atoms with van der Waals surface area (Å²) < 4.78 is 0. The Bertz CT molecular complexity index is 652. The average molecular weight is 326 g/mol. The van der Waals surface area contributed by atoms with Gasteiger partial charge in [-0.05, 0) is 67.2 Å². The molecule has 0 radical (unpaired) electrons. The monoisotopic (exact) mass is 326 g/mol. The Morgan fingerprint density at radius 3 is 2.50 bits per heavy atom. The van der Waals surface area contributed by atoms with Crippen LogP contribution in [0, 0.1) is 5.92 Å². The van der Waals surface area contributed by atoms with E-state index in [1.54, 1.807) is 12.1 Å². The average Bonchev–Trinajstić information content (AvgIpc) is 2.61. The van der Waals surface area contributed by atoms with Gasteiger partial charge >= 0.3 is 0 Å². The number of phenolic OH excluding ortho intramolecular Hbond substituents is 1. The van der Waals surface area contributed by atoms with Crippen LogP contribution in [0.4, 0.5) is 5.69 Å². The van der Waals surface area contributed by atoms with E-state index in [1.165, 1.54) is 5.56 Å². The third-order valence-electron chi connectivity index (χ3n) is 4.71. The maximum Gasteiger partial charge on any atom is 0.115 e. The van der Waals surface area contributed by atoms with Crippen molar-refractivity contribution in [2.24, 2.45) is 5.92 Å². The lowest BCUT2D eigenvalue weighted by Crippen LogP contribution is -2.34. The zero-order valence-electron chi connectivity index (χ0n) is 14.0. The van der Waals surface area contributed by atoms with Gasteiger partial charge in [0.1, 0.15) is 5.75 Å². The van der Waals surface area contributed by atoms with Gasteiger partial charge in [-0.3, -0.25) is 4.90 Å². The van der Waals surface area contributed by atoms with E-state index in [9.17, 15) is 10.2 Å². The highest BCUT2D eigenvalue weighted by atomic mass is 16.3. The van der Waals surface area contributed by atoms with E-state index in [-0.39, 0.29) is 0 Å². The zero-order chi connectivity index (χ0) is 16.8. The van der Waals surface area contributed by atoms with Crippen molar-refractivity contribution in [1.82, 2.24) is 4.90 Å². The predicted octanol–water partition coefficient (Wildman–Crippen LogP) is 3.21. The van der Waals surface area contributed by atoms with Gasteiger partial charge in [0.2, 0.25) is 0 Å². The van der Waals surface area contributed by atoms with Crippen LogP contribution in [-0.4, -0.2) is 34.8 Å². The molecule has 24 heavy (non-hydrogen) atoms. The highest BCUT2D eigenvalue weighted by molar-refractivity contribution is 5.46. The molecule has 3 N–H and O–H groups in total. The Labute approximate surface area is 143 Å². The van der Waals surface area contributed by atoms with Crippen molar-refractivity contribution in [3.05, 3.63) is 59.7 Å². The topological polar surface area (TPSA) is 55.7 Å². The molecule has 4 nitrogen and oxygen atoms in total. The van der Waals surface area contributed by atoms with E-state index in [4.69, 9.17) is 0 Å². The van der Waals surface area contributed by atoms with Crippen LogP contribution < -0.4 is 5.32 Å². The maximum absolute atomic E-state index is 9.52. The van der Waals surface area contributed by atoms with Crippen LogP contribution >= 0.6 is 0 Å². The second-order valence-electron chi connectivity index (χ2n) is 6.63. The molecule has 3 rings (SSSR count). The fraction of sp³-hybridized carbons (Fsp3) is 0.400. The molecule has 0 aromatic heterocycles. The number of benzene rings is 2. The molecule has 1 fully saturated rings. The molecule has 0 aliphatic carbocycles. The van der Waals surface area contributed by atoms with Crippen molar-refractivity contribution in [2.45, 2.75) is 25.9 Å². The van der Waals surface area contributed by atoms with Gasteiger partial charge in [0.15, 0.2) is 0 Å². The third kappa shape index (κ3) is 4.73. The molecule has 0 bridgehead atoms. The molecular weight excluding hydrogens is 300 g/mol. The highest BCUT2D eigenvalue weighted by Crippen LogP contribution is 2.20. The van der Waals surface area contributed by atoms with Gasteiger partial charge in [0.05, 0.1) is 0 Å². The van der Waals surface area contributed by atoms with E-state index in [0.717, 1.165) is 43.7 Å². The van der Waals surface area contributed by atoms with Crippen LogP contribution in [0.1, 0.15) is 24.0 Å². The van der Waals surface area contributed by atoms with Gasteiger partial charge in [-0.25, -0.2) is 0 Å². The van der Waals surface area contributed by atoms with Crippen LogP contribution in [-0.2, 0) is 13.1 Å². The summed E-state index contributed by atoms with van der Waals surface area (Å²) in [5, 5.41) is 22.2. The quantitative estimate of drug-likeness (QED) is 0.763. The van der Waals surface area contributed by atoms with Crippen LogP contribution in [0.3, 0.4) is 0 Å². The standard InChI is InChI=1S/C20H26N2O2/c23-15-16-7-9-22(10-8-16)14-18-4-1-5-19(11-18)21-13-17-3-2-6-20(24)12-17/h1-6,11-12,16,21,23-24H,7-10,13-15H2. The SMILES string of the molecule is OCC1CCN(Cc2cccc(NCc3cccc(O)c3)c2)CC1. The zero-order valence-corrected chi connectivity index (χ0v) is 14.0. The minimum Gasteiger partial charge on any atom is -0.508 e. The lowest BCUT2D eigenvalue weighted by molar-refractivity contribution is 0.127. The number of piperidine rings is 1. The van der Waals surface area contributed by atoms with Crippen LogP contribution in [0.5, 0.6) is 5.75 Å². The predicted molar refractivity (Wildman–Crippen MR) is 97.0 cm³/mol. The number of phenols is 1. The number of aliphatic hydroxyl groups is 1. The summed E-state index contributed by atoms with van der Waals surface area (Å²) in [5.74, 6) is 0.783. The van der Waals surface area contributed by atoms with Crippen molar-refractivity contribution >= 4 is 5.69 Å². The lowest BCUT2D eigenvalue weighted by atomic mass is 9.97. The number of nitrogens with zero attached hydrogens (tertiary/aromatic N) is 1. The second-order valence-corrected chi connectivity index (χ2v) is 6.63. The van der Waals surface area contributed by atoms with Crippen molar-refractivity contribution in [2.75, 3.05) is 25.0 Å². The maximum atomic E-state index is 9.52. The molecule has 0 amide bonds. The molecule has 2 aromatic carbocycles. The largest absolute Gasteiger partial charge is 0.508 e. The smallest absolute Gasteiger partial charge is 0.115 e. The van der Waals surface area contributed by atoms with E-state index >= 15 is 0 Å².